The first-order chi connectivity index (χ1) is 17.8. The van der Waals surface area contributed by atoms with Crippen molar-refractivity contribution >= 4 is 38.7 Å². The van der Waals surface area contributed by atoms with Gasteiger partial charge in [-0.3, -0.25) is 0 Å². The Hall–Kier alpha value is -3.21. The Bertz CT molecular complexity index is 1370. The summed E-state index contributed by atoms with van der Waals surface area (Å²) >= 11 is 0. The zero-order valence-corrected chi connectivity index (χ0v) is 22.0. The average molecular weight is 524 g/mol. The van der Waals surface area contributed by atoms with E-state index >= 15 is 0 Å². The van der Waals surface area contributed by atoms with Gasteiger partial charge in [-0.05, 0) is 67.1 Å². The second-order valence-corrected chi connectivity index (χ2v) is 11.8. The fraction of sp³-hybridized carbons (Fsp3) is 0.407. The number of aliphatic hydroxyl groups excluding tert-OH is 1. The van der Waals surface area contributed by atoms with Gasteiger partial charge >= 0.3 is 0 Å². The topological polar surface area (TPSA) is 108 Å². The SMILES string of the molecule is Cc1ccc(CO)cc1N(CC1CC1)c1ccnc(Nc2cc(N3CCOCC3)cc(S(C)(=O)=O)c2)n1. The van der Waals surface area contributed by atoms with E-state index in [1.54, 1.807) is 18.3 Å². The summed E-state index contributed by atoms with van der Waals surface area (Å²) in [6.07, 6.45) is 5.30. The zero-order valence-electron chi connectivity index (χ0n) is 21.2. The maximum Gasteiger partial charge on any atom is 0.229 e. The minimum absolute atomic E-state index is 0.0245. The first kappa shape index (κ1) is 25.4. The van der Waals surface area contributed by atoms with E-state index in [9.17, 15) is 13.5 Å². The summed E-state index contributed by atoms with van der Waals surface area (Å²) in [5, 5.41) is 12.9. The molecule has 2 aromatic carbocycles. The number of aromatic nitrogens is 2. The summed E-state index contributed by atoms with van der Waals surface area (Å²) in [4.78, 5) is 13.8. The number of aliphatic hydroxyl groups is 1. The lowest BCUT2D eigenvalue weighted by Crippen LogP contribution is -2.36. The molecule has 0 spiro atoms. The molecule has 1 aliphatic heterocycles. The third kappa shape index (κ3) is 6.20. The first-order valence-corrected chi connectivity index (χ1v) is 14.4. The summed E-state index contributed by atoms with van der Waals surface area (Å²) < 4.78 is 30.3. The van der Waals surface area contributed by atoms with Crippen molar-refractivity contribution < 1.29 is 18.3 Å². The van der Waals surface area contributed by atoms with Crippen molar-refractivity contribution in [1.82, 2.24) is 9.97 Å². The third-order valence-corrected chi connectivity index (χ3v) is 7.85. The molecule has 10 heteroatoms. The maximum absolute atomic E-state index is 12.4. The van der Waals surface area contributed by atoms with Gasteiger partial charge in [-0.1, -0.05) is 12.1 Å². The van der Waals surface area contributed by atoms with Crippen molar-refractivity contribution in [3.63, 3.8) is 0 Å². The Kier molecular flexibility index (Phi) is 7.32. The highest BCUT2D eigenvalue weighted by molar-refractivity contribution is 7.90. The molecule has 1 saturated carbocycles. The first-order valence-electron chi connectivity index (χ1n) is 12.6. The van der Waals surface area contributed by atoms with Gasteiger partial charge in [0.1, 0.15) is 5.82 Å². The number of morpholine rings is 1. The number of hydrogen-bond acceptors (Lipinski definition) is 9. The number of nitrogens with zero attached hydrogens (tertiary/aromatic N) is 4. The van der Waals surface area contributed by atoms with E-state index in [0.29, 0.717) is 43.9 Å². The van der Waals surface area contributed by atoms with Gasteiger partial charge < -0.3 is 25.0 Å². The molecule has 2 N–H and O–H groups in total. The molecule has 0 radical (unpaired) electrons. The Balaban J connectivity index is 1.48. The number of ether oxygens (including phenoxy) is 1. The van der Waals surface area contributed by atoms with Crippen molar-refractivity contribution in [2.24, 2.45) is 5.92 Å². The monoisotopic (exact) mass is 523 g/mol. The molecule has 0 bridgehead atoms. The van der Waals surface area contributed by atoms with Gasteiger partial charge in [0, 0.05) is 49.1 Å². The van der Waals surface area contributed by atoms with Gasteiger partial charge in [-0.25, -0.2) is 13.4 Å². The largest absolute Gasteiger partial charge is 0.392 e. The molecule has 2 heterocycles. The molecule has 1 aromatic heterocycles. The van der Waals surface area contributed by atoms with Crippen LogP contribution >= 0.6 is 0 Å². The maximum atomic E-state index is 12.4. The van der Waals surface area contributed by atoms with Gasteiger partial charge in [0.25, 0.3) is 0 Å². The van der Waals surface area contributed by atoms with Crippen molar-refractivity contribution in [3.05, 3.63) is 59.8 Å². The van der Waals surface area contributed by atoms with Crippen LogP contribution in [-0.4, -0.2) is 62.6 Å². The molecule has 1 saturated heterocycles. The summed E-state index contributed by atoms with van der Waals surface area (Å²) in [6.45, 7) is 5.46. The predicted molar refractivity (Wildman–Crippen MR) is 145 cm³/mol. The van der Waals surface area contributed by atoms with E-state index in [1.165, 1.54) is 19.1 Å². The van der Waals surface area contributed by atoms with Crippen molar-refractivity contribution in [1.29, 1.82) is 0 Å². The van der Waals surface area contributed by atoms with Gasteiger partial charge in [0.15, 0.2) is 9.84 Å². The van der Waals surface area contributed by atoms with Crippen LogP contribution in [0.4, 0.5) is 28.8 Å². The van der Waals surface area contributed by atoms with Crippen LogP contribution in [-0.2, 0) is 21.2 Å². The minimum Gasteiger partial charge on any atom is -0.392 e. The second kappa shape index (κ2) is 10.6. The van der Waals surface area contributed by atoms with E-state index in [2.05, 4.69) is 27.0 Å². The van der Waals surface area contributed by atoms with Gasteiger partial charge in [-0.2, -0.15) is 4.98 Å². The molecule has 2 fully saturated rings. The Morgan fingerprint density at radius 3 is 2.62 bits per heavy atom. The summed E-state index contributed by atoms with van der Waals surface area (Å²) in [5.74, 6) is 1.73. The van der Waals surface area contributed by atoms with E-state index in [-0.39, 0.29) is 11.5 Å². The van der Waals surface area contributed by atoms with Crippen LogP contribution in [0, 0.1) is 12.8 Å². The van der Waals surface area contributed by atoms with Crippen LogP contribution in [0.2, 0.25) is 0 Å². The fourth-order valence-corrected chi connectivity index (χ4v) is 5.16. The van der Waals surface area contributed by atoms with Crippen LogP contribution in [0.5, 0.6) is 0 Å². The fourth-order valence-electron chi connectivity index (χ4n) is 4.48. The van der Waals surface area contributed by atoms with E-state index in [1.807, 2.05) is 30.3 Å². The molecule has 2 aliphatic rings. The molecule has 0 unspecified atom stereocenters. The molecule has 0 atom stereocenters. The molecule has 196 valence electrons. The van der Waals surface area contributed by atoms with Crippen LogP contribution in [0.3, 0.4) is 0 Å². The van der Waals surface area contributed by atoms with Gasteiger partial charge in [0.2, 0.25) is 5.95 Å². The normalized spacial score (nSPS) is 16.0. The lowest BCUT2D eigenvalue weighted by atomic mass is 10.1. The Morgan fingerprint density at radius 2 is 1.92 bits per heavy atom. The number of anilines is 5. The lowest BCUT2D eigenvalue weighted by Gasteiger charge is -2.29. The number of benzene rings is 2. The smallest absolute Gasteiger partial charge is 0.229 e. The van der Waals surface area contributed by atoms with Crippen LogP contribution in [0.15, 0.2) is 53.6 Å². The number of nitrogens with one attached hydrogen (secondary N) is 1. The van der Waals surface area contributed by atoms with Crippen LogP contribution in [0.25, 0.3) is 0 Å². The Morgan fingerprint density at radius 1 is 1.14 bits per heavy atom. The van der Waals surface area contributed by atoms with Gasteiger partial charge in [0.05, 0.1) is 24.7 Å². The van der Waals surface area contributed by atoms with Crippen LogP contribution in [0.1, 0.15) is 24.0 Å². The van der Waals surface area contributed by atoms with Crippen molar-refractivity contribution in [2.75, 3.05) is 54.2 Å². The van der Waals surface area contributed by atoms with Crippen LogP contribution < -0.4 is 15.1 Å². The third-order valence-electron chi connectivity index (χ3n) is 6.75. The quantitative estimate of drug-likeness (QED) is 0.433. The number of sulfone groups is 1. The predicted octanol–water partition coefficient (Wildman–Crippen LogP) is 3.81. The van der Waals surface area contributed by atoms with E-state index in [0.717, 1.165) is 34.9 Å². The molecular formula is C27H33N5O4S. The summed E-state index contributed by atoms with van der Waals surface area (Å²) in [7, 11) is -3.42. The van der Waals surface area contributed by atoms with E-state index in [4.69, 9.17) is 9.72 Å². The molecular weight excluding hydrogens is 490 g/mol. The standard InChI is InChI=1S/C27H33N5O4S/c1-19-3-4-21(18-33)13-25(19)32(17-20-5-6-20)26-7-8-28-27(30-26)29-22-14-23(31-9-11-36-12-10-31)16-24(15-22)37(2,34)35/h3-4,7-8,13-16,20,33H,5-6,9-12,17-18H2,1-2H3,(H,28,29,30). The lowest BCUT2D eigenvalue weighted by molar-refractivity contribution is 0.122. The van der Waals surface area contributed by atoms with E-state index < -0.39 is 9.84 Å². The summed E-state index contributed by atoms with van der Waals surface area (Å²) in [5.41, 5.74) is 4.38. The van der Waals surface area contributed by atoms with Crippen molar-refractivity contribution in [2.45, 2.75) is 31.3 Å². The number of rotatable bonds is 9. The highest BCUT2D eigenvalue weighted by Crippen LogP contribution is 2.36. The number of aryl methyl sites for hydroxylation is 1. The zero-order chi connectivity index (χ0) is 26.0. The molecule has 9 nitrogen and oxygen atoms in total. The Labute approximate surface area is 218 Å². The van der Waals surface area contributed by atoms with Crippen molar-refractivity contribution in [3.8, 4) is 0 Å². The minimum atomic E-state index is -3.42. The molecule has 3 aromatic rings. The molecule has 0 amide bonds. The number of hydrogen-bond donors (Lipinski definition) is 2. The molecule has 5 rings (SSSR count). The highest BCUT2D eigenvalue weighted by atomic mass is 32.2. The van der Waals surface area contributed by atoms with Gasteiger partial charge in [-0.15, -0.1) is 0 Å². The summed E-state index contributed by atoms with van der Waals surface area (Å²) in [6, 6.07) is 13.1. The highest BCUT2D eigenvalue weighted by Gasteiger charge is 2.27. The molecule has 37 heavy (non-hydrogen) atoms. The average Bonchev–Trinajstić information content (AvgIpc) is 3.72. The second-order valence-electron chi connectivity index (χ2n) is 9.78. The molecule has 1 aliphatic carbocycles.